The van der Waals surface area contributed by atoms with Crippen LogP contribution >= 0.6 is 71.2 Å². The van der Waals surface area contributed by atoms with Crippen LogP contribution < -0.4 is 9.80 Å². The first-order valence-corrected chi connectivity index (χ1v) is 16.4. The average Bonchev–Trinajstić information content (AvgIpc) is 3.48. The van der Waals surface area contributed by atoms with Gasteiger partial charge in [-0.3, -0.25) is 9.59 Å². The zero-order valence-electron chi connectivity index (χ0n) is 21.2. The highest BCUT2D eigenvalue weighted by Crippen LogP contribution is 2.29. The third kappa shape index (κ3) is 9.81. The Kier molecular flexibility index (Phi) is 17.6. The fourth-order valence-corrected chi connectivity index (χ4v) is 4.86. The molecule has 0 N–H and O–H groups in total. The van der Waals surface area contributed by atoms with Crippen LogP contribution in [0, 0.1) is 11.6 Å². The topological polar surface area (TPSA) is 40.6 Å². The van der Waals surface area contributed by atoms with Crippen molar-refractivity contribution in [3.8, 4) is 0 Å². The highest BCUT2D eigenvalue weighted by molar-refractivity contribution is 9.93. The summed E-state index contributed by atoms with van der Waals surface area (Å²) in [5, 5.41) is 0.228. The fraction of sp³-hybridized carbons (Fsp3) is 0.462. The third-order valence-corrected chi connectivity index (χ3v) is 6.98. The van der Waals surface area contributed by atoms with Gasteiger partial charge >= 0.3 is 0 Å². The van der Waals surface area contributed by atoms with Crippen LogP contribution in [0.5, 0.6) is 0 Å². The maximum atomic E-state index is 14.0. The number of ketones is 2. The molecule has 2 aliphatic heterocycles. The minimum atomic E-state index is -0.300. The van der Waals surface area contributed by atoms with E-state index in [9.17, 15) is 18.4 Å². The summed E-state index contributed by atoms with van der Waals surface area (Å²) in [6.45, 7) is 7.45. The number of carbonyl (C=O) groups is 2. The van der Waals surface area contributed by atoms with Crippen molar-refractivity contribution in [2.24, 2.45) is 0 Å². The van der Waals surface area contributed by atoms with Crippen molar-refractivity contribution in [1.82, 2.24) is 0 Å². The van der Waals surface area contributed by atoms with E-state index in [2.05, 4.69) is 67.8 Å². The number of halogens is 5. The van der Waals surface area contributed by atoms with Crippen molar-refractivity contribution in [3.63, 3.8) is 0 Å². The standard InChI is InChI=1S/C13H15BrFNO.C13H16FNO.Br2.2H2S/c1-9-3-2-6-16(9)12-5-4-10(7-11(12)15)13(17)8-14;1-9-4-3-7-15(9)13-6-5-11(10(2)16)8-12(13)14;1-2;;/h4-5,7,9H,2-3,6,8H2,1H3;5-6,8-9H,3-4,7H2,1-2H3;;2*1H2/t2*9-;;;/m00.../s1. The Bertz CT molecular complexity index is 1030. The Balaban J connectivity index is 0.000000626. The summed E-state index contributed by atoms with van der Waals surface area (Å²) in [7, 11) is 0. The number of anilines is 2. The highest BCUT2D eigenvalue weighted by Gasteiger charge is 2.24. The second-order valence-corrected chi connectivity index (χ2v) is 9.38. The Morgan fingerprint density at radius 2 is 1.24 bits per heavy atom. The molecule has 0 spiro atoms. The van der Waals surface area contributed by atoms with Crippen LogP contribution in [-0.4, -0.2) is 42.1 Å². The van der Waals surface area contributed by atoms with Crippen LogP contribution in [0.1, 0.15) is 67.2 Å². The quantitative estimate of drug-likeness (QED) is 0.228. The molecule has 11 heteroatoms. The van der Waals surface area contributed by atoms with E-state index < -0.39 is 0 Å². The van der Waals surface area contributed by atoms with E-state index in [1.54, 1.807) is 24.3 Å². The molecule has 0 aromatic heterocycles. The van der Waals surface area contributed by atoms with Crippen molar-refractivity contribution in [2.75, 3.05) is 28.2 Å². The summed E-state index contributed by atoms with van der Waals surface area (Å²) in [6.07, 6.45) is 4.41. The molecule has 2 saturated heterocycles. The normalized spacial score (nSPS) is 17.9. The molecule has 4 nitrogen and oxygen atoms in total. The van der Waals surface area contributed by atoms with Gasteiger partial charge in [-0.2, -0.15) is 27.0 Å². The number of hydrogen-bond donors (Lipinski definition) is 0. The second kappa shape index (κ2) is 17.9. The highest BCUT2D eigenvalue weighted by atomic mass is 80.9. The summed E-state index contributed by atoms with van der Waals surface area (Å²) in [6, 6.07) is 10.3. The van der Waals surface area contributed by atoms with E-state index in [0.717, 1.165) is 38.8 Å². The van der Waals surface area contributed by atoms with Crippen LogP contribution in [0.4, 0.5) is 20.2 Å². The summed E-state index contributed by atoms with van der Waals surface area (Å²) >= 11 is 8.59. The molecular weight excluding hydrogens is 714 g/mol. The number of carbonyl (C=O) groups excluding carboxylic acids is 2. The van der Waals surface area contributed by atoms with Crippen molar-refractivity contribution >= 4 is 94.1 Å². The Hall–Kier alpha value is -0.620. The Morgan fingerprint density at radius 3 is 1.57 bits per heavy atom. The van der Waals surface area contributed by atoms with E-state index in [4.69, 9.17) is 0 Å². The summed E-state index contributed by atoms with van der Waals surface area (Å²) in [4.78, 5) is 26.7. The first kappa shape index (κ1) is 36.4. The van der Waals surface area contributed by atoms with Crippen LogP contribution in [0.2, 0.25) is 0 Å². The van der Waals surface area contributed by atoms with Crippen molar-refractivity contribution in [2.45, 2.75) is 58.5 Å². The van der Waals surface area contributed by atoms with Gasteiger partial charge < -0.3 is 9.80 Å². The van der Waals surface area contributed by atoms with Gasteiger partial charge in [0.15, 0.2) is 11.6 Å². The van der Waals surface area contributed by atoms with Crippen LogP contribution in [0.3, 0.4) is 0 Å². The van der Waals surface area contributed by atoms with Gasteiger partial charge in [-0.05, 0) is 82.9 Å². The first-order chi connectivity index (χ1) is 16.7. The van der Waals surface area contributed by atoms with E-state index in [1.807, 2.05) is 0 Å². The number of nitrogens with zero attached hydrogens (tertiary/aromatic N) is 2. The summed E-state index contributed by atoms with van der Waals surface area (Å²) < 4.78 is 27.8. The predicted molar refractivity (Wildman–Crippen MR) is 172 cm³/mol. The molecule has 0 radical (unpaired) electrons. The second-order valence-electron chi connectivity index (χ2n) is 8.81. The number of benzene rings is 2. The fourth-order valence-electron chi connectivity index (χ4n) is 4.53. The SMILES string of the molecule is BrBr.CC(=O)c1ccc(N2CCC[C@@H]2C)c(F)c1.C[C@H]1CCCN1c1ccc(C(=O)CBr)cc1F.S.S. The molecule has 4 rings (SSSR count). The lowest BCUT2D eigenvalue weighted by Crippen LogP contribution is -2.27. The van der Waals surface area contributed by atoms with E-state index in [1.165, 1.54) is 19.1 Å². The van der Waals surface area contributed by atoms with E-state index in [0.29, 0.717) is 34.6 Å². The van der Waals surface area contributed by atoms with Crippen LogP contribution in [0.25, 0.3) is 0 Å². The van der Waals surface area contributed by atoms with Gasteiger partial charge in [0.05, 0.1) is 16.7 Å². The largest absolute Gasteiger partial charge is 0.366 e. The van der Waals surface area contributed by atoms with E-state index >= 15 is 0 Å². The van der Waals surface area contributed by atoms with Gasteiger partial charge in [0.2, 0.25) is 0 Å². The van der Waals surface area contributed by atoms with Gasteiger partial charge in [0.25, 0.3) is 0 Å². The van der Waals surface area contributed by atoms with Crippen molar-refractivity contribution in [1.29, 1.82) is 0 Å². The molecule has 2 fully saturated rings. The monoisotopic (exact) mass is 746 g/mol. The molecule has 2 aromatic rings. The van der Waals surface area contributed by atoms with Gasteiger partial charge in [-0.15, -0.1) is 0 Å². The predicted octanol–water partition coefficient (Wildman–Crippen LogP) is 8.33. The maximum absolute atomic E-state index is 14.0. The molecule has 208 valence electrons. The number of alkyl halides is 1. The van der Waals surface area contributed by atoms with Crippen molar-refractivity contribution < 1.29 is 18.4 Å². The number of rotatable bonds is 5. The number of Topliss-reactive ketones (excluding diaryl/α,β-unsaturated/α-hetero) is 2. The lowest BCUT2D eigenvalue weighted by Gasteiger charge is -2.24. The van der Waals surface area contributed by atoms with Crippen molar-refractivity contribution in [3.05, 3.63) is 59.2 Å². The molecule has 0 amide bonds. The molecule has 2 aliphatic rings. The lowest BCUT2D eigenvalue weighted by atomic mass is 10.1. The number of hydrogen-bond acceptors (Lipinski definition) is 4. The van der Waals surface area contributed by atoms with E-state index in [-0.39, 0.29) is 55.5 Å². The molecule has 2 atom stereocenters. The molecule has 0 unspecified atom stereocenters. The summed E-state index contributed by atoms with van der Waals surface area (Å²) in [5.74, 6) is -0.781. The summed E-state index contributed by atoms with van der Waals surface area (Å²) in [5.41, 5.74) is 2.10. The smallest absolute Gasteiger partial charge is 0.173 e. The molecule has 2 aromatic carbocycles. The molecular formula is C26H35Br3F2N2O2S2. The molecule has 0 saturated carbocycles. The zero-order chi connectivity index (χ0) is 26.1. The minimum Gasteiger partial charge on any atom is -0.366 e. The molecule has 0 bridgehead atoms. The first-order valence-electron chi connectivity index (χ1n) is 11.6. The zero-order valence-corrected chi connectivity index (χ0v) is 27.9. The van der Waals surface area contributed by atoms with Crippen LogP contribution in [0.15, 0.2) is 36.4 Å². The van der Waals surface area contributed by atoms with Gasteiger partial charge in [-0.25, -0.2) is 8.78 Å². The third-order valence-electron chi connectivity index (χ3n) is 6.47. The minimum absolute atomic E-state index is 0. The average molecular weight is 749 g/mol. The maximum Gasteiger partial charge on any atom is 0.173 e. The Morgan fingerprint density at radius 1 is 0.838 bits per heavy atom. The molecule has 2 heterocycles. The Labute approximate surface area is 256 Å². The van der Waals surface area contributed by atoms with Gasteiger partial charge in [0.1, 0.15) is 11.6 Å². The van der Waals surface area contributed by atoms with Gasteiger partial charge in [0, 0.05) is 64.6 Å². The van der Waals surface area contributed by atoms with Crippen LogP contribution in [-0.2, 0) is 0 Å². The lowest BCUT2D eigenvalue weighted by molar-refractivity contribution is 0.101. The van der Waals surface area contributed by atoms with Gasteiger partial charge in [-0.1, -0.05) is 15.9 Å². The molecule has 37 heavy (non-hydrogen) atoms. The molecule has 0 aliphatic carbocycles.